The first-order valence-corrected chi connectivity index (χ1v) is 3.91. The van der Waals surface area contributed by atoms with E-state index in [9.17, 15) is 5.11 Å². The van der Waals surface area contributed by atoms with Crippen LogP contribution in [0.3, 0.4) is 0 Å². The number of nitrogens with one attached hydrogen (secondary N) is 1. The van der Waals surface area contributed by atoms with Crippen LogP contribution < -0.4 is 11.5 Å². The van der Waals surface area contributed by atoms with Gasteiger partial charge in [-0.05, 0) is 0 Å². The van der Waals surface area contributed by atoms with Gasteiger partial charge in [0.2, 0.25) is 0 Å². The smallest absolute Gasteiger partial charge is 0.197 e. The zero-order valence-electron chi connectivity index (χ0n) is 6.37. The van der Waals surface area contributed by atoms with Crippen LogP contribution in [0.25, 0.3) is 0 Å². The summed E-state index contributed by atoms with van der Waals surface area (Å²) in [5.41, 5.74) is 11.0. The Hall–Kier alpha value is -0.780. The number of nitrogen functional groups attached to an aromatic ring is 1. The Morgan fingerprint density at radius 2 is 2.42 bits per heavy atom. The average molecular weight is 191 g/mol. The second-order valence-corrected chi connectivity index (χ2v) is 2.98. The van der Waals surface area contributed by atoms with Gasteiger partial charge >= 0.3 is 0 Å². The van der Waals surface area contributed by atoms with Gasteiger partial charge in [-0.25, -0.2) is 4.98 Å². The molecule has 0 saturated heterocycles. The molecule has 0 aliphatic carbocycles. The van der Waals surface area contributed by atoms with E-state index in [0.717, 1.165) is 0 Å². The van der Waals surface area contributed by atoms with Crippen LogP contribution in [0.4, 0.5) is 5.95 Å². The molecule has 6 heteroatoms. The molecule has 5 nitrogen and oxygen atoms in total. The normalized spacial score (nSPS) is 15.9. The fraction of sp³-hybridized carbons (Fsp3) is 0.500. The molecule has 0 amide bonds. The van der Waals surface area contributed by atoms with Gasteiger partial charge in [0.05, 0.1) is 17.3 Å². The number of aliphatic hydroxyl groups is 1. The van der Waals surface area contributed by atoms with Crippen LogP contribution in [0.2, 0.25) is 0 Å². The van der Waals surface area contributed by atoms with Crippen molar-refractivity contribution in [3.8, 4) is 0 Å². The number of aromatic nitrogens is 2. The van der Waals surface area contributed by atoms with E-state index in [-0.39, 0.29) is 12.5 Å². The largest absolute Gasteiger partial charge is 0.385 e. The van der Waals surface area contributed by atoms with Gasteiger partial charge in [0, 0.05) is 6.54 Å². The number of halogens is 1. The van der Waals surface area contributed by atoms with Gasteiger partial charge in [0.25, 0.3) is 0 Å². The van der Waals surface area contributed by atoms with E-state index >= 15 is 0 Å². The number of aliphatic hydroxyl groups excluding tert-OH is 1. The summed E-state index contributed by atoms with van der Waals surface area (Å²) < 4.78 is 0. The number of nitrogens with two attached hydrogens (primary N) is 2. The molecular weight excluding hydrogens is 180 g/mol. The summed E-state index contributed by atoms with van der Waals surface area (Å²) in [6.07, 6.45) is 0.590. The molecule has 0 bridgehead atoms. The second-order valence-electron chi connectivity index (χ2n) is 2.42. The molecule has 12 heavy (non-hydrogen) atoms. The Kier molecular flexibility index (Phi) is 2.91. The van der Waals surface area contributed by atoms with Crippen molar-refractivity contribution >= 4 is 17.5 Å². The van der Waals surface area contributed by atoms with Crippen LogP contribution in [0.1, 0.15) is 11.8 Å². The molecule has 1 aromatic heterocycles. The summed E-state index contributed by atoms with van der Waals surface area (Å²) in [4.78, 5) is 6.38. The summed E-state index contributed by atoms with van der Waals surface area (Å²) in [6.45, 7) is 0.196. The maximum absolute atomic E-state index is 9.46. The molecular formula is C6H11ClN4O. The standard InChI is InChI=1S/C6H11ClN4O/c7-3(1-8)5(12)4-2-10-6(9)11-4/h2-3,5,12H,1,8H2,(H3,9,10,11)/t3-,5+/m0/s1. The molecule has 1 aromatic rings. The minimum atomic E-state index is -0.846. The molecule has 0 unspecified atom stereocenters. The first-order valence-electron chi connectivity index (χ1n) is 3.47. The maximum atomic E-state index is 9.46. The molecule has 6 N–H and O–H groups in total. The molecule has 0 aliphatic rings. The number of alkyl halides is 1. The summed E-state index contributed by atoms with van der Waals surface area (Å²) in [5.74, 6) is 0.255. The van der Waals surface area contributed by atoms with Gasteiger partial charge in [-0.1, -0.05) is 0 Å². The highest BCUT2D eigenvalue weighted by Gasteiger charge is 2.18. The lowest BCUT2D eigenvalue weighted by atomic mass is 10.2. The number of aromatic amines is 1. The number of hydrogen-bond donors (Lipinski definition) is 4. The Balaban J connectivity index is 2.70. The van der Waals surface area contributed by atoms with Crippen LogP contribution in [0.5, 0.6) is 0 Å². The van der Waals surface area contributed by atoms with Crippen molar-refractivity contribution in [3.05, 3.63) is 11.9 Å². The first kappa shape index (κ1) is 9.31. The van der Waals surface area contributed by atoms with Gasteiger partial charge in [-0.3, -0.25) is 0 Å². The van der Waals surface area contributed by atoms with Crippen molar-refractivity contribution in [2.45, 2.75) is 11.5 Å². The summed E-state index contributed by atoms with van der Waals surface area (Å²) in [7, 11) is 0. The van der Waals surface area contributed by atoms with Gasteiger partial charge in [0.15, 0.2) is 5.95 Å². The van der Waals surface area contributed by atoms with Gasteiger partial charge in [-0.15, -0.1) is 11.6 Å². The Morgan fingerprint density at radius 3 is 2.83 bits per heavy atom. The number of nitrogens with zero attached hydrogens (tertiary/aromatic N) is 1. The van der Waals surface area contributed by atoms with Crippen molar-refractivity contribution in [3.63, 3.8) is 0 Å². The predicted molar refractivity (Wildman–Crippen MR) is 46.7 cm³/mol. The predicted octanol–water partition coefficient (Wildman–Crippen LogP) is -0.409. The lowest BCUT2D eigenvalue weighted by Gasteiger charge is -2.12. The summed E-state index contributed by atoms with van der Waals surface area (Å²) >= 11 is 5.70. The number of H-pyrrole nitrogens is 1. The summed E-state index contributed by atoms with van der Waals surface area (Å²) in [6, 6.07) is 0. The third-order valence-corrected chi connectivity index (χ3v) is 1.92. The number of rotatable bonds is 3. The molecule has 2 atom stereocenters. The second kappa shape index (κ2) is 3.75. The molecule has 0 spiro atoms. The first-order chi connectivity index (χ1) is 5.65. The van der Waals surface area contributed by atoms with E-state index in [1.54, 1.807) is 0 Å². The Bertz CT molecular complexity index is 251. The van der Waals surface area contributed by atoms with Gasteiger partial charge in [-0.2, -0.15) is 0 Å². The fourth-order valence-corrected chi connectivity index (χ4v) is 0.961. The van der Waals surface area contributed by atoms with Crippen molar-refractivity contribution in [1.29, 1.82) is 0 Å². The van der Waals surface area contributed by atoms with Crippen molar-refractivity contribution in [2.24, 2.45) is 5.73 Å². The van der Waals surface area contributed by atoms with E-state index in [1.807, 2.05) is 0 Å². The van der Waals surface area contributed by atoms with E-state index in [2.05, 4.69) is 9.97 Å². The highest BCUT2D eigenvalue weighted by Crippen LogP contribution is 2.18. The minimum absolute atomic E-state index is 0.196. The summed E-state index contributed by atoms with van der Waals surface area (Å²) in [5, 5.41) is 8.94. The SMILES string of the molecule is NC[C@H](Cl)[C@@H](O)c1cnc(N)[nH]1. The minimum Gasteiger partial charge on any atom is -0.385 e. The quantitative estimate of drug-likeness (QED) is 0.487. The third kappa shape index (κ3) is 1.88. The topological polar surface area (TPSA) is 101 Å². The van der Waals surface area contributed by atoms with E-state index < -0.39 is 11.5 Å². The maximum Gasteiger partial charge on any atom is 0.197 e. The zero-order valence-corrected chi connectivity index (χ0v) is 7.12. The van der Waals surface area contributed by atoms with Gasteiger partial charge < -0.3 is 21.6 Å². The van der Waals surface area contributed by atoms with E-state index in [1.165, 1.54) is 6.20 Å². The van der Waals surface area contributed by atoms with Crippen molar-refractivity contribution in [2.75, 3.05) is 12.3 Å². The van der Waals surface area contributed by atoms with Crippen LogP contribution in [-0.4, -0.2) is 27.0 Å². The number of anilines is 1. The van der Waals surface area contributed by atoms with E-state index in [0.29, 0.717) is 5.69 Å². The molecule has 0 radical (unpaired) electrons. The molecule has 0 saturated carbocycles. The number of imidazole rings is 1. The Morgan fingerprint density at radius 1 is 1.75 bits per heavy atom. The lowest BCUT2D eigenvalue weighted by molar-refractivity contribution is 0.170. The average Bonchev–Trinajstić information content (AvgIpc) is 2.49. The molecule has 1 heterocycles. The molecule has 0 aliphatic heterocycles. The van der Waals surface area contributed by atoms with Crippen molar-refractivity contribution < 1.29 is 5.11 Å². The van der Waals surface area contributed by atoms with E-state index in [4.69, 9.17) is 23.1 Å². The van der Waals surface area contributed by atoms with Crippen LogP contribution in [-0.2, 0) is 0 Å². The molecule has 1 rings (SSSR count). The van der Waals surface area contributed by atoms with Crippen LogP contribution >= 0.6 is 11.6 Å². The fourth-order valence-electron chi connectivity index (χ4n) is 0.826. The lowest BCUT2D eigenvalue weighted by Crippen LogP contribution is -2.22. The highest BCUT2D eigenvalue weighted by molar-refractivity contribution is 6.21. The Labute approximate surface area is 74.7 Å². The van der Waals surface area contributed by atoms with Crippen LogP contribution in [0, 0.1) is 0 Å². The molecule has 68 valence electrons. The molecule has 0 aromatic carbocycles. The molecule has 0 fully saturated rings. The van der Waals surface area contributed by atoms with Crippen molar-refractivity contribution in [1.82, 2.24) is 9.97 Å². The number of hydrogen-bond acceptors (Lipinski definition) is 4. The third-order valence-electron chi connectivity index (χ3n) is 1.50. The zero-order chi connectivity index (χ0) is 9.14. The monoisotopic (exact) mass is 190 g/mol. The van der Waals surface area contributed by atoms with Gasteiger partial charge in [0.1, 0.15) is 6.10 Å². The van der Waals surface area contributed by atoms with Crippen LogP contribution in [0.15, 0.2) is 6.20 Å². The highest BCUT2D eigenvalue weighted by atomic mass is 35.5.